The predicted molar refractivity (Wildman–Crippen MR) is 77.1 cm³/mol. The highest BCUT2D eigenvalue weighted by Crippen LogP contribution is 2.20. The quantitative estimate of drug-likeness (QED) is 0.873. The van der Waals surface area contributed by atoms with Crippen LogP contribution < -0.4 is 5.73 Å². The molecular weight excluding hydrogens is 314 g/mol. The third kappa shape index (κ3) is 3.61. The molecule has 2 rings (SSSR count). The van der Waals surface area contributed by atoms with Gasteiger partial charge in [0.15, 0.2) is 0 Å². The van der Waals surface area contributed by atoms with Crippen molar-refractivity contribution in [1.29, 1.82) is 0 Å². The molecule has 1 saturated heterocycles. The van der Waals surface area contributed by atoms with E-state index in [0.717, 1.165) is 18.6 Å². The van der Waals surface area contributed by atoms with Gasteiger partial charge in [0.05, 0.1) is 11.3 Å². The van der Waals surface area contributed by atoms with Gasteiger partial charge in [-0.1, -0.05) is 12.1 Å². The lowest BCUT2D eigenvalue weighted by atomic mass is 10.1. The highest BCUT2D eigenvalue weighted by Gasteiger charge is 2.27. The third-order valence-corrected chi connectivity index (χ3v) is 5.21. The molecule has 1 unspecified atom stereocenters. The van der Waals surface area contributed by atoms with Crippen LogP contribution >= 0.6 is 0 Å². The van der Waals surface area contributed by atoms with E-state index in [9.17, 15) is 22.0 Å². The Labute approximate surface area is 128 Å². The Bertz CT molecular complexity index is 632. The van der Waals surface area contributed by atoms with Gasteiger partial charge in [-0.3, -0.25) is 4.79 Å². The van der Waals surface area contributed by atoms with Gasteiger partial charge >= 0.3 is 5.76 Å². The van der Waals surface area contributed by atoms with E-state index in [1.165, 1.54) is 12.1 Å². The molecule has 1 heterocycles. The molecule has 0 radical (unpaired) electrons. The summed E-state index contributed by atoms with van der Waals surface area (Å²) in [5.41, 5.74) is 6.17. The minimum atomic E-state index is -4.59. The molecule has 2 N–H and O–H groups in total. The molecule has 8 heteroatoms. The van der Waals surface area contributed by atoms with Crippen LogP contribution in [0.2, 0.25) is 0 Å². The van der Waals surface area contributed by atoms with Gasteiger partial charge in [-0.2, -0.15) is 8.78 Å². The fourth-order valence-corrected chi connectivity index (χ4v) is 3.16. The number of carbonyl (C=O) groups excluding carboxylic acids is 1. The van der Waals surface area contributed by atoms with Gasteiger partial charge in [-0.05, 0) is 36.6 Å². The first kappa shape index (κ1) is 16.8. The summed E-state index contributed by atoms with van der Waals surface area (Å²) in [6.07, 6.45) is 1.00. The summed E-state index contributed by atoms with van der Waals surface area (Å²) in [5.74, 6) is -3.19. The van der Waals surface area contributed by atoms with E-state index in [1.807, 2.05) is 0 Å². The molecule has 1 fully saturated rings. The molecule has 1 atom stereocenters. The summed E-state index contributed by atoms with van der Waals surface area (Å²) in [6.45, 7) is 1.84. The van der Waals surface area contributed by atoms with Gasteiger partial charge in [0.1, 0.15) is 0 Å². The molecular formula is C14H18F2N2O3S. The first-order chi connectivity index (χ1) is 10.3. The van der Waals surface area contributed by atoms with Gasteiger partial charge in [0.25, 0.3) is 0 Å². The van der Waals surface area contributed by atoms with Gasteiger partial charge in [-0.25, -0.2) is 8.42 Å². The number of nitrogens with zero attached hydrogens (tertiary/aromatic N) is 1. The van der Waals surface area contributed by atoms with Gasteiger partial charge in [-0.15, -0.1) is 0 Å². The van der Waals surface area contributed by atoms with Crippen molar-refractivity contribution in [3.63, 3.8) is 0 Å². The molecule has 0 aromatic heterocycles. The summed E-state index contributed by atoms with van der Waals surface area (Å²) in [4.78, 5) is 13.4. The lowest BCUT2D eigenvalue weighted by molar-refractivity contribution is -0.129. The van der Waals surface area contributed by atoms with Crippen LogP contribution in [0, 0.1) is 5.92 Å². The maximum atomic E-state index is 12.4. The zero-order valence-corrected chi connectivity index (χ0v) is 12.7. The number of sulfone groups is 1. The summed E-state index contributed by atoms with van der Waals surface area (Å²) in [6, 6.07) is 5.00. The van der Waals surface area contributed by atoms with Crippen molar-refractivity contribution in [2.45, 2.75) is 23.5 Å². The molecule has 0 aliphatic carbocycles. The monoisotopic (exact) mass is 332 g/mol. The van der Waals surface area contributed by atoms with Crippen LogP contribution in [-0.4, -0.2) is 44.6 Å². The molecule has 5 nitrogen and oxygen atoms in total. The van der Waals surface area contributed by atoms with Crippen molar-refractivity contribution in [1.82, 2.24) is 4.90 Å². The second-order valence-electron chi connectivity index (χ2n) is 5.36. The van der Waals surface area contributed by atoms with E-state index in [1.54, 1.807) is 4.90 Å². The first-order valence-corrected chi connectivity index (χ1v) is 8.48. The Hall–Kier alpha value is -1.54. The fraction of sp³-hybridized carbons (Fsp3) is 0.500. The third-order valence-electron chi connectivity index (χ3n) is 3.81. The van der Waals surface area contributed by atoms with Crippen molar-refractivity contribution in [3.05, 3.63) is 29.8 Å². The Kier molecular flexibility index (Phi) is 5.12. The molecule has 1 aromatic rings. The zero-order valence-electron chi connectivity index (χ0n) is 11.9. The summed E-state index contributed by atoms with van der Waals surface area (Å²) in [7, 11) is -4.59. The predicted octanol–water partition coefficient (Wildman–Crippen LogP) is 1.03. The number of rotatable bonds is 5. The van der Waals surface area contributed by atoms with E-state index in [-0.39, 0.29) is 12.3 Å². The standard InChI is InChI=1S/C14H18F2N2O3S/c15-14(16)22(20,21)12-3-1-10(2-4-12)7-13(19)18-6-5-11(8-17)9-18/h1-4,11,14H,5-9,17H2. The highest BCUT2D eigenvalue weighted by molar-refractivity contribution is 7.91. The van der Waals surface area contributed by atoms with Crippen LogP contribution in [0.3, 0.4) is 0 Å². The topological polar surface area (TPSA) is 80.5 Å². The molecule has 1 aliphatic rings. The van der Waals surface area contributed by atoms with Crippen molar-refractivity contribution in [2.75, 3.05) is 19.6 Å². The van der Waals surface area contributed by atoms with Crippen LogP contribution in [0.25, 0.3) is 0 Å². The number of nitrogens with two attached hydrogens (primary N) is 1. The number of benzene rings is 1. The number of likely N-dealkylation sites (tertiary alicyclic amines) is 1. The Balaban J connectivity index is 2.01. The first-order valence-electron chi connectivity index (χ1n) is 6.93. The van der Waals surface area contributed by atoms with E-state index in [4.69, 9.17) is 5.73 Å². The largest absolute Gasteiger partial charge is 0.342 e. The van der Waals surface area contributed by atoms with E-state index in [0.29, 0.717) is 31.1 Å². The lowest BCUT2D eigenvalue weighted by Gasteiger charge is -2.16. The van der Waals surface area contributed by atoms with E-state index < -0.39 is 20.5 Å². The second kappa shape index (κ2) is 6.70. The molecule has 0 saturated carbocycles. The molecule has 1 aromatic carbocycles. The zero-order chi connectivity index (χ0) is 16.3. The summed E-state index contributed by atoms with van der Waals surface area (Å²) < 4.78 is 47.5. The van der Waals surface area contributed by atoms with Crippen LogP contribution in [-0.2, 0) is 21.1 Å². The lowest BCUT2D eigenvalue weighted by Crippen LogP contribution is -2.31. The Morgan fingerprint density at radius 3 is 2.45 bits per heavy atom. The minimum Gasteiger partial charge on any atom is -0.342 e. The molecule has 122 valence electrons. The van der Waals surface area contributed by atoms with Gasteiger partial charge in [0, 0.05) is 13.1 Å². The SMILES string of the molecule is NCC1CCN(C(=O)Cc2ccc(S(=O)(=O)C(F)F)cc2)C1. The molecule has 0 bridgehead atoms. The molecule has 0 spiro atoms. The average Bonchev–Trinajstić information content (AvgIpc) is 2.96. The van der Waals surface area contributed by atoms with E-state index >= 15 is 0 Å². The highest BCUT2D eigenvalue weighted by atomic mass is 32.2. The second-order valence-corrected chi connectivity index (χ2v) is 7.27. The molecule has 1 amide bonds. The number of alkyl halides is 2. The number of carbonyl (C=O) groups is 1. The number of halogens is 2. The maximum Gasteiger partial charge on any atom is 0.341 e. The summed E-state index contributed by atoms with van der Waals surface area (Å²) in [5, 5.41) is 0. The van der Waals surface area contributed by atoms with Gasteiger partial charge < -0.3 is 10.6 Å². The van der Waals surface area contributed by atoms with Crippen LogP contribution in [0.4, 0.5) is 8.78 Å². The van der Waals surface area contributed by atoms with Crippen molar-refractivity contribution in [3.8, 4) is 0 Å². The van der Waals surface area contributed by atoms with E-state index in [2.05, 4.69) is 0 Å². The number of hydrogen-bond acceptors (Lipinski definition) is 4. The number of hydrogen-bond donors (Lipinski definition) is 1. The Morgan fingerprint density at radius 1 is 1.32 bits per heavy atom. The van der Waals surface area contributed by atoms with Gasteiger partial charge in [0.2, 0.25) is 15.7 Å². The number of amides is 1. The van der Waals surface area contributed by atoms with Crippen molar-refractivity contribution < 1.29 is 22.0 Å². The van der Waals surface area contributed by atoms with Crippen LogP contribution in [0.5, 0.6) is 0 Å². The normalized spacial score (nSPS) is 18.9. The van der Waals surface area contributed by atoms with Crippen LogP contribution in [0.1, 0.15) is 12.0 Å². The van der Waals surface area contributed by atoms with Crippen LogP contribution in [0.15, 0.2) is 29.2 Å². The summed E-state index contributed by atoms with van der Waals surface area (Å²) >= 11 is 0. The van der Waals surface area contributed by atoms with Crippen molar-refractivity contribution in [2.24, 2.45) is 11.7 Å². The fourth-order valence-electron chi connectivity index (χ4n) is 2.44. The maximum absolute atomic E-state index is 12.4. The molecule has 1 aliphatic heterocycles. The van der Waals surface area contributed by atoms with Crippen molar-refractivity contribution >= 4 is 15.7 Å². The average molecular weight is 332 g/mol. The Morgan fingerprint density at radius 2 is 1.95 bits per heavy atom. The smallest absolute Gasteiger partial charge is 0.341 e. The molecule has 22 heavy (non-hydrogen) atoms. The minimum absolute atomic E-state index is 0.0691.